The Labute approximate surface area is 91.5 Å². The zero-order valence-corrected chi connectivity index (χ0v) is 9.45. The molecule has 1 aliphatic heterocycles. The van der Waals surface area contributed by atoms with Crippen LogP contribution in [0.25, 0.3) is 0 Å². The van der Waals surface area contributed by atoms with Gasteiger partial charge in [0.05, 0.1) is 0 Å². The summed E-state index contributed by atoms with van der Waals surface area (Å²) in [7, 11) is 0. The van der Waals surface area contributed by atoms with E-state index in [1.807, 2.05) is 18.2 Å². The van der Waals surface area contributed by atoms with E-state index >= 15 is 0 Å². The topological polar surface area (TPSA) is 12.5 Å². The fourth-order valence-electron chi connectivity index (χ4n) is 1.41. The summed E-state index contributed by atoms with van der Waals surface area (Å²) in [4.78, 5) is 0. The van der Waals surface area contributed by atoms with Crippen LogP contribution in [-0.2, 0) is 4.74 Å². The van der Waals surface area contributed by atoms with Crippen molar-refractivity contribution in [2.45, 2.75) is 33.0 Å². The minimum atomic E-state index is 0.0627. The van der Waals surface area contributed by atoms with Crippen LogP contribution < -0.4 is 0 Å². The molecule has 1 aromatic carbocycles. The number of rotatable bonds is 1. The van der Waals surface area contributed by atoms with E-state index in [4.69, 9.17) is 4.74 Å². The molecule has 1 aliphatic rings. The van der Waals surface area contributed by atoms with E-state index in [1.54, 1.807) is 0 Å². The zero-order valence-electron chi connectivity index (χ0n) is 9.45. The Morgan fingerprint density at radius 3 is 2.40 bits per heavy atom. The Morgan fingerprint density at radius 1 is 1.13 bits per heavy atom. The molecule has 1 nitrogen and oxygen atoms in total. The first-order valence-corrected chi connectivity index (χ1v) is 5.29. The van der Waals surface area contributed by atoms with Gasteiger partial charge in [-0.3, -0.25) is 0 Å². The lowest BCUT2D eigenvalue weighted by molar-refractivity contribution is 0.396. The summed E-state index contributed by atoms with van der Waals surface area (Å²) in [5.74, 6) is 6.38. The monoisotopic (exact) mass is 200 g/mol. The molecule has 1 fully saturated rings. The van der Waals surface area contributed by atoms with Gasteiger partial charge in [-0.05, 0) is 26.3 Å². The normalized spacial score (nSPS) is 24.2. The van der Waals surface area contributed by atoms with Crippen molar-refractivity contribution >= 4 is 0 Å². The third-order valence-electron chi connectivity index (χ3n) is 2.21. The molecule has 78 valence electrons. The average Bonchev–Trinajstić information content (AvgIpc) is 2.94. The molecule has 0 saturated carbocycles. The van der Waals surface area contributed by atoms with E-state index in [0.717, 1.165) is 0 Å². The fraction of sp³-hybridized carbons (Fsp3) is 0.429. The minimum Gasteiger partial charge on any atom is -0.351 e. The Kier molecular flexibility index (Phi) is 2.54. The summed E-state index contributed by atoms with van der Waals surface area (Å²) < 4.78 is 5.52. The van der Waals surface area contributed by atoms with E-state index in [1.165, 1.54) is 5.56 Å². The van der Waals surface area contributed by atoms with E-state index < -0.39 is 0 Å². The van der Waals surface area contributed by atoms with Gasteiger partial charge in [0.2, 0.25) is 0 Å². The lowest BCUT2D eigenvalue weighted by Gasteiger charge is -2.06. The van der Waals surface area contributed by atoms with Gasteiger partial charge in [0, 0.05) is 5.41 Å². The molecule has 2 atom stereocenters. The lowest BCUT2D eigenvalue weighted by atomic mass is 9.97. The molecule has 1 saturated heterocycles. The molecule has 0 unspecified atom stereocenters. The first-order chi connectivity index (χ1) is 7.06. The van der Waals surface area contributed by atoms with Crippen LogP contribution >= 0.6 is 0 Å². The van der Waals surface area contributed by atoms with Gasteiger partial charge in [-0.15, -0.1) is 0 Å². The molecular formula is C14H16O. The molecule has 0 aliphatic carbocycles. The van der Waals surface area contributed by atoms with Crippen molar-refractivity contribution in [3.8, 4) is 11.8 Å². The van der Waals surface area contributed by atoms with Crippen molar-refractivity contribution < 1.29 is 4.74 Å². The van der Waals surface area contributed by atoms with Gasteiger partial charge >= 0.3 is 0 Å². The highest BCUT2D eigenvalue weighted by Gasteiger charge is 2.38. The van der Waals surface area contributed by atoms with Gasteiger partial charge in [-0.1, -0.05) is 42.2 Å². The summed E-state index contributed by atoms with van der Waals surface area (Å²) in [6.07, 6.45) is 0.299. The second kappa shape index (κ2) is 3.72. The van der Waals surface area contributed by atoms with Crippen LogP contribution in [0.5, 0.6) is 0 Å². The number of ether oxygens (including phenoxy) is 1. The van der Waals surface area contributed by atoms with Gasteiger partial charge in [-0.2, -0.15) is 0 Å². The van der Waals surface area contributed by atoms with E-state index in [-0.39, 0.29) is 17.6 Å². The predicted octanol–water partition coefficient (Wildman–Crippen LogP) is 3.18. The highest BCUT2D eigenvalue weighted by atomic mass is 16.6. The van der Waals surface area contributed by atoms with Crippen LogP contribution in [0.15, 0.2) is 30.3 Å². The van der Waals surface area contributed by atoms with Crippen LogP contribution in [0.1, 0.15) is 32.4 Å². The number of epoxide rings is 1. The second-order valence-corrected chi connectivity index (χ2v) is 4.91. The maximum absolute atomic E-state index is 5.52. The summed E-state index contributed by atoms with van der Waals surface area (Å²) in [5, 5.41) is 0. The zero-order chi connectivity index (χ0) is 10.9. The van der Waals surface area contributed by atoms with Crippen molar-refractivity contribution in [1.82, 2.24) is 0 Å². The van der Waals surface area contributed by atoms with Gasteiger partial charge in [0.25, 0.3) is 0 Å². The summed E-state index contributed by atoms with van der Waals surface area (Å²) in [6.45, 7) is 6.33. The van der Waals surface area contributed by atoms with Gasteiger partial charge in [0.1, 0.15) is 12.2 Å². The van der Waals surface area contributed by atoms with Crippen LogP contribution in [0.4, 0.5) is 0 Å². The maximum Gasteiger partial charge on any atom is 0.149 e. The predicted molar refractivity (Wildman–Crippen MR) is 61.3 cm³/mol. The Balaban J connectivity index is 2.00. The summed E-state index contributed by atoms with van der Waals surface area (Å²) >= 11 is 0. The van der Waals surface area contributed by atoms with Crippen molar-refractivity contribution in [2.24, 2.45) is 5.41 Å². The SMILES string of the molecule is CC(C)(C)C#C[C@H]1O[C@@H]1c1ccccc1. The third kappa shape index (κ3) is 2.84. The first-order valence-electron chi connectivity index (χ1n) is 5.29. The Bertz CT molecular complexity index is 389. The van der Waals surface area contributed by atoms with Crippen LogP contribution in [0, 0.1) is 17.3 Å². The molecule has 15 heavy (non-hydrogen) atoms. The van der Waals surface area contributed by atoms with Crippen molar-refractivity contribution in [3.05, 3.63) is 35.9 Å². The molecule has 0 N–H and O–H groups in total. The molecule has 0 bridgehead atoms. The van der Waals surface area contributed by atoms with E-state index in [0.29, 0.717) is 0 Å². The van der Waals surface area contributed by atoms with Crippen LogP contribution in [0.2, 0.25) is 0 Å². The number of benzene rings is 1. The third-order valence-corrected chi connectivity index (χ3v) is 2.21. The molecule has 0 amide bonds. The van der Waals surface area contributed by atoms with E-state index in [2.05, 4.69) is 44.7 Å². The fourth-order valence-corrected chi connectivity index (χ4v) is 1.41. The highest BCUT2D eigenvalue weighted by molar-refractivity contribution is 5.28. The molecule has 1 heterocycles. The standard InChI is InChI=1S/C14H16O/c1-14(2,3)10-9-12-13(15-12)11-7-5-4-6-8-11/h4-8,12-13H,1-3H3/t12-,13-/m1/s1. The quantitative estimate of drug-likeness (QED) is 0.501. The van der Waals surface area contributed by atoms with Crippen LogP contribution in [-0.4, -0.2) is 6.10 Å². The minimum absolute atomic E-state index is 0.0627. The summed E-state index contributed by atoms with van der Waals surface area (Å²) in [6, 6.07) is 10.3. The van der Waals surface area contributed by atoms with E-state index in [9.17, 15) is 0 Å². The van der Waals surface area contributed by atoms with Gasteiger partial charge < -0.3 is 4.74 Å². The molecule has 0 radical (unpaired) electrons. The van der Waals surface area contributed by atoms with Crippen LogP contribution in [0.3, 0.4) is 0 Å². The molecule has 0 aromatic heterocycles. The van der Waals surface area contributed by atoms with Crippen molar-refractivity contribution in [1.29, 1.82) is 0 Å². The van der Waals surface area contributed by atoms with Gasteiger partial charge in [-0.25, -0.2) is 0 Å². The van der Waals surface area contributed by atoms with Crippen molar-refractivity contribution in [3.63, 3.8) is 0 Å². The maximum atomic E-state index is 5.52. The second-order valence-electron chi connectivity index (χ2n) is 4.91. The molecule has 0 spiro atoms. The molecule has 2 rings (SSSR count). The Morgan fingerprint density at radius 2 is 1.80 bits per heavy atom. The number of hydrogen-bond donors (Lipinski definition) is 0. The average molecular weight is 200 g/mol. The molecule has 1 aromatic rings. The first kappa shape index (κ1) is 10.3. The summed E-state index contributed by atoms with van der Waals surface area (Å²) in [5.41, 5.74) is 1.29. The lowest BCUT2D eigenvalue weighted by Crippen LogP contribution is -2.00. The molecule has 1 heteroatoms. The number of hydrogen-bond acceptors (Lipinski definition) is 1. The van der Waals surface area contributed by atoms with Crippen molar-refractivity contribution in [2.75, 3.05) is 0 Å². The highest BCUT2D eigenvalue weighted by Crippen LogP contribution is 2.38. The van der Waals surface area contributed by atoms with Gasteiger partial charge in [0.15, 0.2) is 0 Å². The Hall–Kier alpha value is -1.26. The molecular weight excluding hydrogens is 184 g/mol. The largest absolute Gasteiger partial charge is 0.351 e. The smallest absolute Gasteiger partial charge is 0.149 e.